The molecule has 7 heteroatoms. The molecule has 0 aliphatic carbocycles. The van der Waals surface area contributed by atoms with Gasteiger partial charge in [0.1, 0.15) is 11.5 Å². The summed E-state index contributed by atoms with van der Waals surface area (Å²) in [6, 6.07) is 11.6. The van der Waals surface area contributed by atoms with Crippen LogP contribution in [0.25, 0.3) is 11.4 Å². The minimum atomic E-state index is -0.186. The van der Waals surface area contributed by atoms with Crippen LogP contribution in [0.5, 0.6) is 0 Å². The minimum Gasteiger partial charge on any atom is -0.379 e. The van der Waals surface area contributed by atoms with Gasteiger partial charge in [-0.15, -0.1) is 0 Å². The van der Waals surface area contributed by atoms with Gasteiger partial charge in [0.05, 0.1) is 13.2 Å². The molecule has 1 aromatic heterocycles. The van der Waals surface area contributed by atoms with Crippen molar-refractivity contribution in [2.24, 2.45) is 0 Å². The predicted molar refractivity (Wildman–Crippen MR) is 106 cm³/mol. The number of benzene rings is 1. The molecule has 7 nitrogen and oxygen atoms in total. The number of ether oxygens (including phenoxy) is 1. The number of anilines is 1. The molecule has 0 radical (unpaired) electrons. The summed E-state index contributed by atoms with van der Waals surface area (Å²) < 4.78 is 5.34. The molecular weight excluding hydrogens is 342 g/mol. The normalized spacial score (nSPS) is 14.9. The first-order chi connectivity index (χ1) is 13.1. The van der Waals surface area contributed by atoms with Gasteiger partial charge in [0.25, 0.3) is 5.91 Å². The molecule has 0 unspecified atom stereocenters. The minimum absolute atomic E-state index is 0.186. The maximum Gasteiger partial charge on any atom is 0.270 e. The van der Waals surface area contributed by atoms with Crippen molar-refractivity contribution >= 4 is 11.7 Å². The van der Waals surface area contributed by atoms with Crippen molar-refractivity contribution in [3.63, 3.8) is 0 Å². The molecule has 1 amide bonds. The van der Waals surface area contributed by atoms with Gasteiger partial charge in [-0.05, 0) is 13.8 Å². The molecule has 3 rings (SSSR count). The van der Waals surface area contributed by atoms with Crippen molar-refractivity contribution in [2.45, 2.75) is 19.9 Å². The summed E-state index contributed by atoms with van der Waals surface area (Å²) in [5.74, 6) is 1.01. The Balaban J connectivity index is 1.71. The third kappa shape index (κ3) is 5.74. The van der Waals surface area contributed by atoms with Crippen LogP contribution in [0.2, 0.25) is 0 Å². The second-order valence-electron chi connectivity index (χ2n) is 6.84. The summed E-state index contributed by atoms with van der Waals surface area (Å²) in [6.07, 6.45) is 0. The first-order valence-corrected chi connectivity index (χ1v) is 9.41. The van der Waals surface area contributed by atoms with E-state index in [-0.39, 0.29) is 11.9 Å². The van der Waals surface area contributed by atoms with Crippen molar-refractivity contribution in [3.8, 4) is 11.4 Å². The molecule has 1 aliphatic heterocycles. The van der Waals surface area contributed by atoms with Gasteiger partial charge in [0.15, 0.2) is 5.82 Å². The first-order valence-electron chi connectivity index (χ1n) is 9.41. The second-order valence-corrected chi connectivity index (χ2v) is 6.84. The number of morpholine rings is 1. The molecule has 27 heavy (non-hydrogen) atoms. The number of nitrogens with zero attached hydrogens (tertiary/aromatic N) is 3. The average Bonchev–Trinajstić information content (AvgIpc) is 2.68. The average molecular weight is 369 g/mol. The Bertz CT molecular complexity index is 745. The number of aromatic nitrogens is 2. The Kier molecular flexibility index (Phi) is 6.73. The molecule has 1 aromatic carbocycles. The van der Waals surface area contributed by atoms with Crippen molar-refractivity contribution in [1.82, 2.24) is 20.2 Å². The summed E-state index contributed by atoms with van der Waals surface area (Å²) >= 11 is 0. The number of rotatable bonds is 7. The molecule has 1 aliphatic rings. The third-order valence-corrected chi connectivity index (χ3v) is 4.24. The number of carbonyl (C=O) groups excluding carboxylic acids is 1. The van der Waals surface area contributed by atoms with Crippen LogP contribution in [0.15, 0.2) is 36.4 Å². The maximum absolute atomic E-state index is 12.6. The Morgan fingerprint density at radius 2 is 1.93 bits per heavy atom. The summed E-state index contributed by atoms with van der Waals surface area (Å²) in [6.45, 7) is 8.78. The highest BCUT2D eigenvalue weighted by Gasteiger charge is 2.15. The van der Waals surface area contributed by atoms with Crippen LogP contribution in [0, 0.1) is 0 Å². The second kappa shape index (κ2) is 9.43. The van der Waals surface area contributed by atoms with Gasteiger partial charge in [-0.2, -0.15) is 0 Å². The summed E-state index contributed by atoms with van der Waals surface area (Å²) in [7, 11) is 0. The molecule has 2 aromatic rings. The quantitative estimate of drug-likeness (QED) is 0.777. The third-order valence-electron chi connectivity index (χ3n) is 4.24. The van der Waals surface area contributed by atoms with Crippen molar-refractivity contribution < 1.29 is 9.53 Å². The zero-order valence-corrected chi connectivity index (χ0v) is 15.9. The van der Waals surface area contributed by atoms with Crippen LogP contribution in [0.3, 0.4) is 0 Å². The largest absolute Gasteiger partial charge is 0.379 e. The molecule has 0 spiro atoms. The lowest BCUT2D eigenvalue weighted by Crippen LogP contribution is -2.41. The highest BCUT2D eigenvalue weighted by atomic mass is 16.5. The van der Waals surface area contributed by atoms with Crippen LogP contribution < -0.4 is 10.6 Å². The lowest BCUT2D eigenvalue weighted by molar-refractivity contribution is 0.0383. The van der Waals surface area contributed by atoms with Gasteiger partial charge in [-0.3, -0.25) is 9.69 Å². The van der Waals surface area contributed by atoms with Gasteiger partial charge in [0, 0.05) is 43.9 Å². The Labute approximate surface area is 160 Å². The molecule has 0 saturated carbocycles. The van der Waals surface area contributed by atoms with E-state index in [1.807, 2.05) is 44.2 Å². The van der Waals surface area contributed by atoms with Crippen LogP contribution in [0.4, 0.5) is 5.82 Å². The summed E-state index contributed by atoms with van der Waals surface area (Å²) in [5, 5.41) is 6.23. The van der Waals surface area contributed by atoms with E-state index in [0.717, 1.165) is 38.4 Å². The molecular formula is C20H27N5O2. The fraction of sp³-hybridized carbons (Fsp3) is 0.450. The number of amides is 1. The first kappa shape index (κ1) is 19.3. The smallest absolute Gasteiger partial charge is 0.270 e. The highest BCUT2D eigenvalue weighted by molar-refractivity contribution is 5.93. The number of carbonyl (C=O) groups is 1. The van der Waals surface area contributed by atoms with Crippen LogP contribution in [0.1, 0.15) is 24.3 Å². The molecule has 1 fully saturated rings. The molecule has 0 bridgehead atoms. The number of hydrogen-bond donors (Lipinski definition) is 2. The summed E-state index contributed by atoms with van der Waals surface area (Å²) in [5.41, 5.74) is 1.25. The monoisotopic (exact) mass is 369 g/mol. The zero-order valence-electron chi connectivity index (χ0n) is 15.9. The fourth-order valence-electron chi connectivity index (χ4n) is 2.89. The predicted octanol–water partition coefficient (Wildman–Crippen LogP) is 2.03. The van der Waals surface area contributed by atoms with Crippen molar-refractivity contribution in [2.75, 3.05) is 44.7 Å². The van der Waals surface area contributed by atoms with Gasteiger partial charge < -0.3 is 15.4 Å². The van der Waals surface area contributed by atoms with E-state index in [4.69, 9.17) is 4.74 Å². The maximum atomic E-state index is 12.6. The molecule has 0 atom stereocenters. The van der Waals surface area contributed by atoms with E-state index < -0.39 is 0 Å². The van der Waals surface area contributed by atoms with Gasteiger partial charge in [0.2, 0.25) is 0 Å². The Morgan fingerprint density at radius 3 is 2.63 bits per heavy atom. The lowest BCUT2D eigenvalue weighted by Gasteiger charge is -2.26. The standard InChI is InChI=1S/C20H27N5O2/c1-15(2)22-18-14-17(23-19(24-18)16-6-4-3-5-7-16)20(26)21-8-9-25-10-12-27-13-11-25/h3-7,14-15H,8-13H2,1-2H3,(H,21,26)(H,22,23,24). The highest BCUT2D eigenvalue weighted by Crippen LogP contribution is 2.18. The molecule has 1 saturated heterocycles. The van der Waals surface area contributed by atoms with Gasteiger partial charge in [-0.1, -0.05) is 30.3 Å². The van der Waals surface area contributed by atoms with Crippen LogP contribution in [-0.4, -0.2) is 66.2 Å². The number of nitrogens with one attached hydrogen (secondary N) is 2. The van der Waals surface area contributed by atoms with E-state index in [2.05, 4.69) is 25.5 Å². The van der Waals surface area contributed by atoms with E-state index in [9.17, 15) is 4.79 Å². The molecule has 2 heterocycles. The molecule has 2 N–H and O–H groups in total. The van der Waals surface area contributed by atoms with Gasteiger partial charge in [-0.25, -0.2) is 9.97 Å². The van der Waals surface area contributed by atoms with Crippen LogP contribution >= 0.6 is 0 Å². The number of hydrogen-bond acceptors (Lipinski definition) is 6. The zero-order chi connectivity index (χ0) is 19.1. The van der Waals surface area contributed by atoms with E-state index in [1.54, 1.807) is 6.07 Å². The van der Waals surface area contributed by atoms with Crippen molar-refractivity contribution in [3.05, 3.63) is 42.1 Å². The van der Waals surface area contributed by atoms with Crippen molar-refractivity contribution in [1.29, 1.82) is 0 Å². The Hall–Kier alpha value is -2.51. The van der Waals surface area contributed by atoms with E-state index >= 15 is 0 Å². The van der Waals surface area contributed by atoms with Gasteiger partial charge >= 0.3 is 0 Å². The fourth-order valence-corrected chi connectivity index (χ4v) is 2.89. The van der Waals surface area contributed by atoms with E-state index in [0.29, 0.717) is 23.9 Å². The molecule has 144 valence electrons. The lowest BCUT2D eigenvalue weighted by atomic mass is 10.2. The van der Waals surface area contributed by atoms with Crippen LogP contribution in [-0.2, 0) is 4.74 Å². The SMILES string of the molecule is CC(C)Nc1cc(C(=O)NCCN2CCOCC2)nc(-c2ccccc2)n1. The topological polar surface area (TPSA) is 79.4 Å². The summed E-state index contributed by atoms with van der Waals surface area (Å²) in [4.78, 5) is 24.0. The Morgan fingerprint density at radius 1 is 1.19 bits per heavy atom. The van der Waals surface area contributed by atoms with E-state index in [1.165, 1.54) is 0 Å².